The van der Waals surface area contributed by atoms with Crippen LogP contribution in [0, 0.1) is 0 Å². The zero-order chi connectivity index (χ0) is 16.1. The van der Waals surface area contributed by atoms with E-state index >= 15 is 0 Å². The second-order valence-electron chi connectivity index (χ2n) is 5.78. The highest BCUT2D eigenvalue weighted by Crippen LogP contribution is 2.15. The van der Waals surface area contributed by atoms with Crippen molar-refractivity contribution in [2.75, 3.05) is 6.61 Å². The lowest BCUT2D eigenvalue weighted by Gasteiger charge is -2.20. The molecule has 1 aromatic carbocycles. The Morgan fingerprint density at radius 2 is 2.26 bits per heavy atom. The number of ether oxygens (including phenoxy) is 1. The highest BCUT2D eigenvalue weighted by atomic mass is 16.5. The zero-order valence-electron chi connectivity index (χ0n) is 13.2. The molecule has 1 aliphatic rings. The lowest BCUT2D eigenvalue weighted by atomic mass is 10.1. The number of nitrogens with zero attached hydrogens (tertiary/aromatic N) is 2. The van der Waals surface area contributed by atoms with E-state index in [2.05, 4.69) is 15.7 Å². The number of rotatable bonds is 5. The summed E-state index contributed by atoms with van der Waals surface area (Å²) in [5, 5.41) is 10.0. The van der Waals surface area contributed by atoms with Crippen LogP contribution in [0.5, 0.6) is 0 Å². The number of nitrogens with one attached hydrogen (secondary N) is 2. The quantitative estimate of drug-likeness (QED) is 0.889. The third kappa shape index (κ3) is 4.10. The van der Waals surface area contributed by atoms with Gasteiger partial charge >= 0.3 is 6.03 Å². The maximum Gasteiger partial charge on any atom is 0.315 e. The summed E-state index contributed by atoms with van der Waals surface area (Å²) in [6, 6.07) is 9.69. The highest BCUT2D eigenvalue weighted by Gasteiger charge is 2.23. The molecule has 6 nitrogen and oxygen atoms in total. The van der Waals surface area contributed by atoms with E-state index in [4.69, 9.17) is 4.74 Å². The van der Waals surface area contributed by atoms with Gasteiger partial charge in [-0.05, 0) is 43.5 Å². The largest absolute Gasteiger partial charge is 0.376 e. The first kappa shape index (κ1) is 15.6. The number of amides is 2. The molecule has 0 saturated carbocycles. The standard InChI is InChI=1S/C17H22N4O2/c1-13(16-4-2-11-23-16)20-17(22)18-12-14-5-7-15(8-6-14)21-10-3-9-19-21/h3,5-10,13,16H,2,4,11-12H2,1H3,(H2,18,20,22)/t13-,16+/m1/s1. The van der Waals surface area contributed by atoms with Crippen LogP contribution in [-0.4, -0.2) is 34.6 Å². The average molecular weight is 314 g/mol. The SMILES string of the molecule is C[C@@H](NC(=O)NCc1ccc(-n2cccn2)cc1)[C@@H]1CCCO1. The molecule has 0 spiro atoms. The maximum absolute atomic E-state index is 11.9. The van der Waals surface area contributed by atoms with Gasteiger partial charge in [-0.2, -0.15) is 5.10 Å². The minimum Gasteiger partial charge on any atom is -0.376 e. The maximum atomic E-state index is 11.9. The van der Waals surface area contributed by atoms with Crippen molar-refractivity contribution in [1.82, 2.24) is 20.4 Å². The Kier molecular flexibility index (Phi) is 4.92. The van der Waals surface area contributed by atoms with Gasteiger partial charge in [0.1, 0.15) is 0 Å². The molecule has 2 aromatic rings. The van der Waals surface area contributed by atoms with Gasteiger partial charge in [0.2, 0.25) is 0 Å². The number of hydrogen-bond donors (Lipinski definition) is 2. The van der Waals surface area contributed by atoms with Crippen LogP contribution in [0.4, 0.5) is 4.79 Å². The second kappa shape index (κ2) is 7.28. The van der Waals surface area contributed by atoms with E-state index in [9.17, 15) is 4.79 Å². The average Bonchev–Trinajstić information content (AvgIpc) is 3.26. The Morgan fingerprint density at radius 1 is 1.43 bits per heavy atom. The summed E-state index contributed by atoms with van der Waals surface area (Å²) in [7, 11) is 0. The molecule has 2 heterocycles. The lowest BCUT2D eigenvalue weighted by Crippen LogP contribution is -2.45. The van der Waals surface area contributed by atoms with Crippen LogP contribution in [0.2, 0.25) is 0 Å². The molecule has 122 valence electrons. The summed E-state index contributed by atoms with van der Waals surface area (Å²) in [5.74, 6) is 0. The van der Waals surface area contributed by atoms with Gasteiger partial charge < -0.3 is 15.4 Å². The van der Waals surface area contributed by atoms with Crippen molar-refractivity contribution in [3.8, 4) is 5.69 Å². The van der Waals surface area contributed by atoms with Crippen molar-refractivity contribution in [2.24, 2.45) is 0 Å². The smallest absolute Gasteiger partial charge is 0.315 e. The Balaban J connectivity index is 1.47. The normalized spacial score (nSPS) is 18.6. The summed E-state index contributed by atoms with van der Waals surface area (Å²) in [4.78, 5) is 11.9. The van der Waals surface area contributed by atoms with Crippen LogP contribution in [0.25, 0.3) is 5.69 Å². The minimum absolute atomic E-state index is 0.0275. The van der Waals surface area contributed by atoms with E-state index in [1.54, 1.807) is 10.9 Å². The number of benzene rings is 1. The molecular formula is C17H22N4O2. The zero-order valence-corrected chi connectivity index (χ0v) is 13.2. The first-order chi connectivity index (χ1) is 11.2. The molecule has 0 unspecified atom stereocenters. The molecular weight excluding hydrogens is 292 g/mol. The van der Waals surface area contributed by atoms with E-state index < -0.39 is 0 Å². The summed E-state index contributed by atoms with van der Waals surface area (Å²) >= 11 is 0. The van der Waals surface area contributed by atoms with Crippen LogP contribution >= 0.6 is 0 Å². The number of urea groups is 1. The molecule has 2 N–H and O–H groups in total. The van der Waals surface area contributed by atoms with Gasteiger partial charge in [0.15, 0.2) is 0 Å². The van der Waals surface area contributed by atoms with E-state index in [0.29, 0.717) is 6.54 Å². The minimum atomic E-state index is -0.163. The summed E-state index contributed by atoms with van der Waals surface area (Å²) in [5.41, 5.74) is 2.04. The number of aromatic nitrogens is 2. The Bertz CT molecular complexity index is 619. The molecule has 1 saturated heterocycles. The number of carbonyl (C=O) groups excluding carboxylic acids is 1. The third-order valence-corrected chi connectivity index (χ3v) is 4.04. The van der Waals surface area contributed by atoms with Gasteiger partial charge in [-0.25, -0.2) is 9.48 Å². The predicted octanol–water partition coefficient (Wildman–Crippen LogP) is 2.24. The summed E-state index contributed by atoms with van der Waals surface area (Å²) < 4.78 is 7.38. The van der Waals surface area contributed by atoms with Crippen LogP contribution in [0.1, 0.15) is 25.3 Å². The second-order valence-corrected chi connectivity index (χ2v) is 5.78. The fraction of sp³-hybridized carbons (Fsp3) is 0.412. The van der Waals surface area contributed by atoms with E-state index in [1.807, 2.05) is 43.5 Å². The van der Waals surface area contributed by atoms with Gasteiger partial charge in [-0.3, -0.25) is 0 Å². The fourth-order valence-corrected chi connectivity index (χ4v) is 2.72. The molecule has 1 aliphatic heterocycles. The number of hydrogen-bond acceptors (Lipinski definition) is 3. The van der Waals surface area contributed by atoms with Crippen LogP contribution in [0.3, 0.4) is 0 Å². The molecule has 1 aromatic heterocycles. The highest BCUT2D eigenvalue weighted by molar-refractivity contribution is 5.74. The summed E-state index contributed by atoms with van der Waals surface area (Å²) in [6.07, 6.45) is 5.86. The van der Waals surface area contributed by atoms with Crippen molar-refractivity contribution in [2.45, 2.75) is 38.5 Å². The van der Waals surface area contributed by atoms with Gasteiger partial charge in [0.25, 0.3) is 0 Å². The van der Waals surface area contributed by atoms with Crippen molar-refractivity contribution in [1.29, 1.82) is 0 Å². The van der Waals surface area contributed by atoms with E-state index in [1.165, 1.54) is 0 Å². The first-order valence-electron chi connectivity index (χ1n) is 7.97. The third-order valence-electron chi connectivity index (χ3n) is 4.04. The van der Waals surface area contributed by atoms with Crippen molar-refractivity contribution < 1.29 is 9.53 Å². The van der Waals surface area contributed by atoms with Gasteiger partial charge in [-0.1, -0.05) is 12.1 Å². The molecule has 2 atom stereocenters. The molecule has 23 heavy (non-hydrogen) atoms. The molecule has 1 fully saturated rings. The Labute approximate surface area is 135 Å². The topological polar surface area (TPSA) is 68.2 Å². The van der Waals surface area contributed by atoms with Crippen molar-refractivity contribution >= 4 is 6.03 Å². The van der Waals surface area contributed by atoms with Gasteiger partial charge in [0, 0.05) is 25.5 Å². The number of carbonyl (C=O) groups is 1. The fourth-order valence-electron chi connectivity index (χ4n) is 2.72. The molecule has 3 rings (SSSR count). The monoisotopic (exact) mass is 314 g/mol. The molecule has 6 heteroatoms. The van der Waals surface area contributed by atoms with E-state index in [0.717, 1.165) is 30.7 Å². The van der Waals surface area contributed by atoms with Gasteiger partial charge in [0.05, 0.1) is 17.8 Å². The Hall–Kier alpha value is -2.34. The van der Waals surface area contributed by atoms with E-state index in [-0.39, 0.29) is 18.2 Å². The lowest BCUT2D eigenvalue weighted by molar-refractivity contribution is 0.0860. The molecule has 0 aliphatic carbocycles. The molecule has 2 amide bonds. The van der Waals surface area contributed by atoms with Crippen molar-refractivity contribution in [3.63, 3.8) is 0 Å². The molecule has 0 bridgehead atoms. The first-order valence-corrected chi connectivity index (χ1v) is 7.97. The van der Waals surface area contributed by atoms with Crippen LogP contribution in [0.15, 0.2) is 42.7 Å². The van der Waals surface area contributed by atoms with Crippen LogP contribution < -0.4 is 10.6 Å². The molecule has 0 radical (unpaired) electrons. The van der Waals surface area contributed by atoms with Crippen LogP contribution in [-0.2, 0) is 11.3 Å². The van der Waals surface area contributed by atoms with Gasteiger partial charge in [-0.15, -0.1) is 0 Å². The predicted molar refractivity (Wildman–Crippen MR) is 87.4 cm³/mol. The Morgan fingerprint density at radius 3 is 2.91 bits per heavy atom. The van der Waals surface area contributed by atoms with Crippen molar-refractivity contribution in [3.05, 3.63) is 48.3 Å². The summed E-state index contributed by atoms with van der Waals surface area (Å²) in [6.45, 7) is 3.26.